The summed E-state index contributed by atoms with van der Waals surface area (Å²) < 4.78 is 64.6. The van der Waals surface area contributed by atoms with Crippen LogP contribution in [0.3, 0.4) is 0 Å². The van der Waals surface area contributed by atoms with Crippen molar-refractivity contribution in [2.24, 2.45) is 0 Å². The van der Waals surface area contributed by atoms with Gasteiger partial charge in [-0.2, -0.15) is 0 Å². The Morgan fingerprint density at radius 1 is 1.20 bits per heavy atom. The van der Waals surface area contributed by atoms with Gasteiger partial charge in [0.2, 0.25) is 0 Å². The van der Waals surface area contributed by atoms with E-state index in [0.717, 1.165) is 12.1 Å². The lowest BCUT2D eigenvalue weighted by atomic mass is 9.80. The van der Waals surface area contributed by atoms with E-state index in [9.17, 15) is 21.7 Å². The molecule has 1 aromatic rings. The van der Waals surface area contributed by atoms with Crippen LogP contribution in [0.2, 0.25) is 0 Å². The van der Waals surface area contributed by atoms with Crippen LogP contribution in [0.15, 0.2) is 24.3 Å². The molecule has 0 unspecified atom stereocenters. The molecule has 0 N–H and O–H groups in total. The van der Waals surface area contributed by atoms with Gasteiger partial charge in [0.15, 0.2) is 0 Å². The van der Waals surface area contributed by atoms with Crippen LogP contribution >= 0.6 is 0 Å². The fourth-order valence-electron chi connectivity index (χ4n) is 0.967. The summed E-state index contributed by atoms with van der Waals surface area (Å²) in [6, 6.07) is 3.90. The van der Waals surface area contributed by atoms with Gasteiger partial charge in [-0.15, -0.1) is 5.46 Å². The average Bonchev–Trinajstić information content (AvgIpc) is 2.14. The minimum absolute atomic E-state index is 0.202. The summed E-state index contributed by atoms with van der Waals surface area (Å²) in [6.45, 7) is -6.03. The highest BCUT2D eigenvalue weighted by molar-refractivity contribution is 6.73. The third-order valence-corrected chi connectivity index (χ3v) is 1.61. The van der Waals surface area contributed by atoms with Crippen LogP contribution in [-0.2, 0) is 0 Å². The van der Waals surface area contributed by atoms with Gasteiger partial charge in [0.25, 0.3) is 6.43 Å². The normalized spacial score (nSPS) is 11.9. The van der Waals surface area contributed by atoms with Gasteiger partial charge in [0.1, 0.15) is 12.4 Å². The van der Waals surface area contributed by atoms with E-state index in [0.29, 0.717) is 6.07 Å². The van der Waals surface area contributed by atoms with E-state index in [1.807, 2.05) is 0 Å². The molecule has 0 saturated heterocycles. The van der Waals surface area contributed by atoms with Gasteiger partial charge in [-0.05, 0) is 12.1 Å². The van der Waals surface area contributed by atoms with Crippen LogP contribution in [0.1, 0.15) is 0 Å². The molecule has 7 heteroatoms. The molecule has 1 aromatic carbocycles. The molecule has 84 valence electrons. The van der Waals surface area contributed by atoms with Crippen LogP contribution in [-0.4, -0.2) is 20.0 Å². The molecule has 0 heterocycles. The van der Waals surface area contributed by atoms with Crippen molar-refractivity contribution in [1.82, 2.24) is 0 Å². The van der Waals surface area contributed by atoms with Gasteiger partial charge in [-0.1, -0.05) is 12.1 Å². The van der Waals surface area contributed by atoms with E-state index in [1.54, 1.807) is 0 Å². The van der Waals surface area contributed by atoms with E-state index in [4.69, 9.17) is 0 Å². The number of ether oxygens (including phenoxy) is 1. The van der Waals surface area contributed by atoms with E-state index in [1.165, 1.54) is 6.07 Å². The molecule has 0 amide bonds. The number of rotatable bonds is 4. The number of hydrogen-bond acceptors (Lipinski definition) is 1. The maximum absolute atomic E-state index is 12.2. The summed E-state index contributed by atoms with van der Waals surface area (Å²) in [4.78, 5) is 0. The van der Waals surface area contributed by atoms with E-state index in [-0.39, 0.29) is 5.75 Å². The van der Waals surface area contributed by atoms with E-state index in [2.05, 4.69) is 4.74 Å². The second-order valence-corrected chi connectivity index (χ2v) is 2.85. The molecule has 1 nitrogen and oxygen atoms in total. The molecule has 0 aliphatic heterocycles. The van der Waals surface area contributed by atoms with Gasteiger partial charge in [0.05, 0.1) is 0 Å². The van der Waals surface area contributed by atoms with Gasteiger partial charge in [-0.3, -0.25) is 0 Å². The lowest BCUT2D eigenvalue weighted by Crippen LogP contribution is -2.33. The highest BCUT2D eigenvalue weighted by atomic mass is 19.4. The first-order valence-electron chi connectivity index (χ1n) is 4.10. The van der Waals surface area contributed by atoms with Crippen molar-refractivity contribution in [3.8, 4) is 5.75 Å². The molecule has 0 aliphatic rings. The molecule has 0 fully saturated rings. The maximum atomic E-state index is 12.2. The molecule has 1 rings (SSSR count). The van der Waals surface area contributed by atoms with Crippen LogP contribution in [0.4, 0.5) is 21.7 Å². The first-order chi connectivity index (χ1) is 6.89. The van der Waals surface area contributed by atoms with E-state index < -0.39 is 25.5 Å². The molecule has 0 saturated carbocycles. The predicted octanol–water partition coefficient (Wildman–Crippen LogP) is 2.38. The largest absolute Gasteiger partial charge is 0.509 e. The fourth-order valence-corrected chi connectivity index (χ4v) is 0.967. The Morgan fingerprint density at radius 3 is 2.40 bits per heavy atom. The molecule has 0 radical (unpaired) electrons. The predicted molar refractivity (Wildman–Crippen MR) is 46.7 cm³/mol. The minimum Gasteiger partial charge on any atom is -0.488 e. The lowest BCUT2D eigenvalue weighted by Gasteiger charge is -2.15. The Morgan fingerprint density at radius 2 is 1.87 bits per heavy atom. The zero-order valence-electron chi connectivity index (χ0n) is 7.47. The summed E-state index contributed by atoms with van der Waals surface area (Å²) in [5.41, 5.74) is -0.859. The third kappa shape index (κ3) is 3.77. The summed E-state index contributed by atoms with van der Waals surface area (Å²) in [7, 11) is 0. The van der Waals surface area contributed by atoms with Crippen molar-refractivity contribution in [2.45, 2.75) is 6.43 Å². The van der Waals surface area contributed by atoms with Crippen LogP contribution in [0.25, 0.3) is 0 Å². The molecule has 0 aromatic heterocycles. The second-order valence-electron chi connectivity index (χ2n) is 2.85. The quantitative estimate of drug-likeness (QED) is 0.564. The summed E-state index contributed by atoms with van der Waals surface area (Å²) >= 11 is 0. The van der Waals surface area contributed by atoms with Crippen molar-refractivity contribution in [3.63, 3.8) is 0 Å². The molecule has 15 heavy (non-hydrogen) atoms. The maximum Gasteiger partial charge on any atom is 0.509 e. The zero-order chi connectivity index (χ0) is 11.5. The molecular formula is C8H7BF5O-. The molecule has 0 aliphatic carbocycles. The van der Waals surface area contributed by atoms with Crippen molar-refractivity contribution in [1.29, 1.82) is 0 Å². The Hall–Kier alpha value is -1.27. The van der Waals surface area contributed by atoms with Crippen molar-refractivity contribution >= 4 is 12.4 Å². The first kappa shape index (κ1) is 11.8. The number of benzene rings is 1. The van der Waals surface area contributed by atoms with E-state index >= 15 is 0 Å². The van der Waals surface area contributed by atoms with Crippen LogP contribution in [0.5, 0.6) is 5.75 Å². The highest BCUT2D eigenvalue weighted by Crippen LogP contribution is 2.14. The Bertz CT molecular complexity index is 325. The monoisotopic (exact) mass is 225 g/mol. The smallest absolute Gasteiger partial charge is 0.488 e. The topological polar surface area (TPSA) is 9.23 Å². The first-order valence-corrected chi connectivity index (χ1v) is 4.10. The van der Waals surface area contributed by atoms with Crippen LogP contribution < -0.4 is 10.2 Å². The summed E-state index contributed by atoms with van der Waals surface area (Å²) in [5, 5.41) is 0. The molecule has 0 atom stereocenters. The molecule has 0 spiro atoms. The summed E-state index contributed by atoms with van der Waals surface area (Å²) in [5.74, 6) is -0.202. The van der Waals surface area contributed by atoms with Gasteiger partial charge in [-0.25, -0.2) is 8.78 Å². The minimum atomic E-state index is -5.12. The number of hydrogen-bond donors (Lipinski definition) is 0. The zero-order valence-corrected chi connectivity index (χ0v) is 7.47. The molecule has 0 bridgehead atoms. The van der Waals surface area contributed by atoms with Crippen molar-refractivity contribution in [3.05, 3.63) is 24.3 Å². The Kier molecular flexibility index (Phi) is 3.54. The number of alkyl halides is 2. The van der Waals surface area contributed by atoms with Gasteiger partial charge < -0.3 is 17.7 Å². The van der Waals surface area contributed by atoms with Crippen molar-refractivity contribution in [2.75, 3.05) is 6.61 Å². The van der Waals surface area contributed by atoms with Crippen LogP contribution in [0, 0.1) is 0 Å². The van der Waals surface area contributed by atoms with Gasteiger partial charge in [0, 0.05) is 0 Å². The van der Waals surface area contributed by atoms with Crippen molar-refractivity contribution < 1.29 is 26.5 Å². The van der Waals surface area contributed by atoms with Gasteiger partial charge >= 0.3 is 6.98 Å². The SMILES string of the molecule is FC(F)COc1cccc([B-](F)(F)F)c1. The lowest BCUT2D eigenvalue weighted by molar-refractivity contribution is 0.0819. The summed E-state index contributed by atoms with van der Waals surface area (Å²) in [6.07, 6.45) is -2.70. The fraction of sp³-hybridized carbons (Fsp3) is 0.250. The molecular weight excluding hydrogens is 218 g/mol. The standard InChI is InChI=1S/C8H7BF5O/c10-8(11)5-15-7-3-1-2-6(4-7)9(12,13)14/h1-4,8H,5H2/q-1. The Labute approximate surface area is 82.9 Å². The second kappa shape index (κ2) is 4.50. The highest BCUT2D eigenvalue weighted by Gasteiger charge is 2.25. The number of halogens is 5. The third-order valence-electron chi connectivity index (χ3n) is 1.61. The average molecular weight is 225 g/mol. The Balaban J connectivity index is 2.75.